The molecule has 0 aliphatic heterocycles. The van der Waals surface area contributed by atoms with E-state index in [1.54, 1.807) is 25.3 Å². The number of nitrogens with two attached hydrogens (primary N) is 1. The molecule has 1 heterocycles. The Morgan fingerprint density at radius 1 is 1.15 bits per heavy atom. The Hall–Kier alpha value is -2.30. The number of hydrogen-bond acceptors (Lipinski definition) is 5. The van der Waals surface area contributed by atoms with Gasteiger partial charge in [-0.2, -0.15) is 4.98 Å². The molecule has 5 heteroatoms. The molecule has 0 aliphatic rings. The highest BCUT2D eigenvalue weighted by atomic mass is 16.5. The average Bonchev–Trinajstić information content (AvgIpc) is 2.38. The number of aromatic nitrogens is 2. The van der Waals surface area contributed by atoms with Gasteiger partial charge in [-0.1, -0.05) is 13.8 Å². The molecule has 0 saturated heterocycles. The van der Waals surface area contributed by atoms with E-state index in [0.29, 0.717) is 29.1 Å². The minimum absolute atomic E-state index is 0.319. The molecule has 0 fully saturated rings. The van der Waals surface area contributed by atoms with Crippen molar-refractivity contribution >= 4 is 5.69 Å². The van der Waals surface area contributed by atoms with E-state index in [9.17, 15) is 0 Å². The first kappa shape index (κ1) is 14.1. The van der Waals surface area contributed by atoms with Crippen LogP contribution < -0.4 is 15.2 Å². The first-order valence-electron chi connectivity index (χ1n) is 6.46. The zero-order valence-electron chi connectivity index (χ0n) is 12.2. The second-order valence-electron chi connectivity index (χ2n) is 4.88. The van der Waals surface area contributed by atoms with Crippen LogP contribution in [0.4, 0.5) is 5.69 Å². The number of rotatable bonds is 4. The van der Waals surface area contributed by atoms with E-state index in [0.717, 1.165) is 11.4 Å². The van der Waals surface area contributed by atoms with Gasteiger partial charge in [-0.15, -0.1) is 0 Å². The van der Waals surface area contributed by atoms with Gasteiger partial charge < -0.3 is 15.2 Å². The van der Waals surface area contributed by atoms with E-state index in [-0.39, 0.29) is 0 Å². The van der Waals surface area contributed by atoms with Crippen molar-refractivity contribution in [3.8, 4) is 17.5 Å². The molecule has 0 spiro atoms. The Morgan fingerprint density at radius 2 is 1.90 bits per heavy atom. The fraction of sp³-hybridized carbons (Fsp3) is 0.333. The minimum Gasteiger partial charge on any atom is -0.495 e. The molecule has 0 saturated carbocycles. The van der Waals surface area contributed by atoms with Crippen molar-refractivity contribution in [3.63, 3.8) is 0 Å². The van der Waals surface area contributed by atoms with Crippen LogP contribution in [0.5, 0.6) is 17.5 Å². The summed E-state index contributed by atoms with van der Waals surface area (Å²) in [5.74, 6) is 1.52. The Morgan fingerprint density at radius 3 is 2.50 bits per heavy atom. The molecule has 106 valence electrons. The van der Waals surface area contributed by atoms with Gasteiger partial charge in [0, 0.05) is 11.8 Å². The summed E-state index contributed by atoms with van der Waals surface area (Å²) in [5, 5.41) is 0. The van der Waals surface area contributed by atoms with E-state index in [4.69, 9.17) is 15.2 Å². The summed E-state index contributed by atoms with van der Waals surface area (Å²) in [6, 6.07) is 7.51. The van der Waals surface area contributed by atoms with Gasteiger partial charge in [0.2, 0.25) is 0 Å². The maximum absolute atomic E-state index is 5.85. The lowest BCUT2D eigenvalue weighted by atomic mass is 10.1. The number of hydrogen-bond donors (Lipinski definition) is 1. The van der Waals surface area contributed by atoms with Crippen LogP contribution in [0.15, 0.2) is 24.3 Å². The lowest BCUT2D eigenvalue weighted by Crippen LogP contribution is -2.00. The van der Waals surface area contributed by atoms with E-state index in [1.807, 2.05) is 13.0 Å². The minimum atomic E-state index is 0.319. The van der Waals surface area contributed by atoms with E-state index in [1.165, 1.54) is 0 Å². The molecule has 5 nitrogen and oxygen atoms in total. The number of ether oxygens (including phenoxy) is 2. The molecule has 20 heavy (non-hydrogen) atoms. The first-order chi connectivity index (χ1) is 9.49. The molecule has 0 radical (unpaired) electrons. The summed E-state index contributed by atoms with van der Waals surface area (Å²) >= 11 is 0. The monoisotopic (exact) mass is 273 g/mol. The van der Waals surface area contributed by atoms with Crippen molar-refractivity contribution in [1.29, 1.82) is 0 Å². The fourth-order valence-corrected chi connectivity index (χ4v) is 1.79. The first-order valence-corrected chi connectivity index (χ1v) is 6.46. The third-order valence-electron chi connectivity index (χ3n) is 2.86. The quantitative estimate of drug-likeness (QED) is 0.865. The molecule has 2 N–H and O–H groups in total. The lowest BCUT2D eigenvalue weighted by Gasteiger charge is -2.10. The predicted molar refractivity (Wildman–Crippen MR) is 78.3 cm³/mol. The van der Waals surface area contributed by atoms with Gasteiger partial charge in [0.25, 0.3) is 0 Å². The van der Waals surface area contributed by atoms with Crippen molar-refractivity contribution in [3.05, 3.63) is 35.7 Å². The Labute approximate surface area is 118 Å². The van der Waals surface area contributed by atoms with Gasteiger partial charge in [0.15, 0.2) is 0 Å². The molecule has 2 aromatic rings. The van der Waals surface area contributed by atoms with E-state index < -0.39 is 0 Å². The average molecular weight is 273 g/mol. The van der Waals surface area contributed by atoms with Crippen LogP contribution >= 0.6 is 0 Å². The van der Waals surface area contributed by atoms with E-state index >= 15 is 0 Å². The van der Waals surface area contributed by atoms with E-state index in [2.05, 4.69) is 23.8 Å². The van der Waals surface area contributed by atoms with Crippen molar-refractivity contribution < 1.29 is 9.47 Å². The zero-order valence-corrected chi connectivity index (χ0v) is 12.2. The molecule has 0 bridgehead atoms. The van der Waals surface area contributed by atoms with Crippen LogP contribution in [-0.2, 0) is 0 Å². The number of nitrogens with zero attached hydrogens (tertiary/aromatic N) is 2. The van der Waals surface area contributed by atoms with Gasteiger partial charge in [0.1, 0.15) is 11.5 Å². The summed E-state index contributed by atoms with van der Waals surface area (Å²) in [7, 11) is 1.57. The molecule has 2 rings (SSSR count). The maximum atomic E-state index is 5.85. The van der Waals surface area contributed by atoms with Gasteiger partial charge in [0.05, 0.1) is 18.5 Å². The second-order valence-corrected chi connectivity index (χ2v) is 4.88. The summed E-state index contributed by atoms with van der Waals surface area (Å²) in [5.41, 5.74) is 8.19. The Bertz CT molecular complexity index is 612. The summed E-state index contributed by atoms with van der Waals surface area (Å²) in [4.78, 5) is 8.67. The highest BCUT2D eigenvalue weighted by Crippen LogP contribution is 2.28. The van der Waals surface area contributed by atoms with Crippen LogP contribution in [-0.4, -0.2) is 17.1 Å². The van der Waals surface area contributed by atoms with Crippen LogP contribution in [0.25, 0.3) is 0 Å². The molecule has 0 aliphatic carbocycles. The lowest BCUT2D eigenvalue weighted by molar-refractivity contribution is 0.412. The number of benzene rings is 1. The molecule has 0 unspecified atom stereocenters. The van der Waals surface area contributed by atoms with Crippen molar-refractivity contribution in [1.82, 2.24) is 9.97 Å². The topological polar surface area (TPSA) is 70.3 Å². The van der Waals surface area contributed by atoms with Gasteiger partial charge >= 0.3 is 6.01 Å². The van der Waals surface area contributed by atoms with Crippen LogP contribution in [0.1, 0.15) is 31.2 Å². The van der Waals surface area contributed by atoms with Crippen LogP contribution in [0.3, 0.4) is 0 Å². The second kappa shape index (κ2) is 5.77. The number of methoxy groups -OCH3 is 1. The molecule has 0 amide bonds. The van der Waals surface area contributed by atoms with Gasteiger partial charge in [-0.25, -0.2) is 4.98 Å². The fourth-order valence-electron chi connectivity index (χ4n) is 1.79. The van der Waals surface area contributed by atoms with Crippen LogP contribution in [0.2, 0.25) is 0 Å². The van der Waals surface area contributed by atoms with Crippen LogP contribution in [0, 0.1) is 6.92 Å². The predicted octanol–water partition coefficient (Wildman–Crippen LogP) is 3.29. The third-order valence-corrected chi connectivity index (χ3v) is 2.86. The normalized spacial score (nSPS) is 10.7. The third kappa shape index (κ3) is 3.17. The molecular weight excluding hydrogens is 254 g/mol. The van der Waals surface area contributed by atoms with Gasteiger partial charge in [-0.3, -0.25) is 0 Å². The molecular formula is C15H19N3O2. The summed E-state index contributed by atoms with van der Waals surface area (Å²) in [6.07, 6.45) is 0. The largest absolute Gasteiger partial charge is 0.495 e. The van der Waals surface area contributed by atoms with Gasteiger partial charge in [-0.05, 0) is 31.0 Å². The Kier molecular flexibility index (Phi) is 4.08. The SMILES string of the molecule is COc1ccc(Oc2nc(C)cc(C(C)C)n2)cc1N. The standard InChI is InChI=1S/C15H19N3O2/c1-9(2)13-7-10(3)17-15(18-13)20-11-5-6-14(19-4)12(16)8-11/h5-9H,16H2,1-4H3. The van der Waals surface area contributed by atoms with Crippen molar-refractivity contribution in [2.24, 2.45) is 0 Å². The van der Waals surface area contributed by atoms with Crippen molar-refractivity contribution in [2.75, 3.05) is 12.8 Å². The summed E-state index contributed by atoms with van der Waals surface area (Å²) in [6.45, 7) is 6.08. The molecule has 1 aromatic carbocycles. The number of anilines is 1. The zero-order chi connectivity index (χ0) is 14.7. The van der Waals surface area contributed by atoms with Crippen molar-refractivity contribution in [2.45, 2.75) is 26.7 Å². The number of nitrogen functional groups attached to an aromatic ring is 1. The number of aryl methyl sites for hydroxylation is 1. The molecule has 1 aromatic heterocycles. The maximum Gasteiger partial charge on any atom is 0.322 e. The smallest absolute Gasteiger partial charge is 0.322 e. The highest BCUT2D eigenvalue weighted by molar-refractivity contribution is 5.56. The molecule has 0 atom stereocenters. The summed E-state index contributed by atoms with van der Waals surface area (Å²) < 4.78 is 10.8. The highest BCUT2D eigenvalue weighted by Gasteiger charge is 2.09. The Balaban J connectivity index is 2.27.